The number of carbonyl (C=O) groups excluding carboxylic acids is 1. The number of carboxylic acid groups (broad SMARTS) is 1. The summed E-state index contributed by atoms with van der Waals surface area (Å²) in [7, 11) is 0. The third-order valence-corrected chi connectivity index (χ3v) is 3.39. The van der Waals surface area contributed by atoms with Crippen molar-refractivity contribution in [3.05, 3.63) is 29.8 Å². The number of benzene rings is 1. The van der Waals surface area contributed by atoms with Crippen LogP contribution in [-0.2, 0) is 4.79 Å². The highest BCUT2D eigenvalue weighted by Gasteiger charge is 2.30. The van der Waals surface area contributed by atoms with Crippen LogP contribution in [0, 0.1) is 5.92 Å². The lowest BCUT2D eigenvalue weighted by molar-refractivity contribution is -0.143. The zero-order chi connectivity index (χ0) is 15.4. The molecule has 0 unspecified atom stereocenters. The van der Waals surface area contributed by atoms with Gasteiger partial charge < -0.3 is 14.7 Å². The van der Waals surface area contributed by atoms with E-state index in [2.05, 4.69) is 4.74 Å². The summed E-state index contributed by atoms with van der Waals surface area (Å²) in [6.07, 6.45) is 1.08. The van der Waals surface area contributed by atoms with E-state index < -0.39 is 24.4 Å². The molecule has 114 valence electrons. The maximum Gasteiger partial charge on any atom is 0.387 e. The highest BCUT2D eigenvalue weighted by Crippen LogP contribution is 2.25. The number of hydrogen-bond donors (Lipinski definition) is 1. The minimum atomic E-state index is -3.02. The summed E-state index contributed by atoms with van der Waals surface area (Å²) in [4.78, 5) is 24.8. The van der Waals surface area contributed by atoms with Gasteiger partial charge in [0.2, 0.25) is 0 Å². The van der Waals surface area contributed by atoms with Crippen LogP contribution < -0.4 is 4.74 Å². The second-order valence-electron chi connectivity index (χ2n) is 4.80. The fraction of sp³-hybridized carbons (Fsp3) is 0.429. The molecule has 7 heteroatoms. The predicted molar refractivity (Wildman–Crippen MR) is 69.3 cm³/mol. The molecule has 5 nitrogen and oxygen atoms in total. The van der Waals surface area contributed by atoms with Gasteiger partial charge in [-0.3, -0.25) is 9.59 Å². The average molecular weight is 299 g/mol. The lowest BCUT2D eigenvalue weighted by Gasteiger charge is -2.31. The Morgan fingerprint density at radius 2 is 2.05 bits per heavy atom. The van der Waals surface area contributed by atoms with Crippen molar-refractivity contribution in [2.45, 2.75) is 19.5 Å². The maximum absolute atomic E-state index is 12.4. The Bertz CT molecular complexity index is 535. The number of hydrogen-bond acceptors (Lipinski definition) is 3. The van der Waals surface area contributed by atoms with Gasteiger partial charge >= 0.3 is 12.6 Å². The smallest absolute Gasteiger partial charge is 0.387 e. The SMILES string of the molecule is O=C(O)[C@H]1CCCN(C(=O)c2ccccc2OC(F)F)C1. The van der Waals surface area contributed by atoms with E-state index in [0.29, 0.717) is 19.4 Å². The van der Waals surface area contributed by atoms with Crippen LogP contribution in [0.5, 0.6) is 5.75 Å². The van der Waals surface area contributed by atoms with Crippen molar-refractivity contribution in [3.63, 3.8) is 0 Å². The van der Waals surface area contributed by atoms with Gasteiger partial charge in [-0.2, -0.15) is 8.78 Å². The average Bonchev–Trinajstić information content (AvgIpc) is 2.46. The van der Waals surface area contributed by atoms with E-state index in [9.17, 15) is 18.4 Å². The second-order valence-corrected chi connectivity index (χ2v) is 4.80. The molecule has 0 aliphatic carbocycles. The quantitative estimate of drug-likeness (QED) is 0.925. The number of carbonyl (C=O) groups is 2. The molecular formula is C14H15F2NO4. The largest absolute Gasteiger partial charge is 0.481 e. The van der Waals surface area contributed by atoms with E-state index in [4.69, 9.17) is 5.11 Å². The van der Waals surface area contributed by atoms with Gasteiger partial charge in [0, 0.05) is 13.1 Å². The molecule has 0 aromatic heterocycles. The molecule has 1 fully saturated rings. The molecule has 1 aliphatic rings. The molecule has 1 N–H and O–H groups in total. The molecule has 1 atom stereocenters. The highest BCUT2D eigenvalue weighted by atomic mass is 19.3. The van der Waals surface area contributed by atoms with E-state index in [1.54, 1.807) is 6.07 Å². The second kappa shape index (κ2) is 6.51. The topological polar surface area (TPSA) is 66.8 Å². The first-order valence-corrected chi connectivity index (χ1v) is 6.55. The molecule has 1 aromatic rings. The summed E-state index contributed by atoms with van der Waals surface area (Å²) in [5.41, 5.74) is 0.0174. The lowest BCUT2D eigenvalue weighted by Crippen LogP contribution is -2.42. The minimum absolute atomic E-state index is 0.0174. The molecule has 21 heavy (non-hydrogen) atoms. The van der Waals surface area contributed by atoms with Gasteiger partial charge in [0.15, 0.2) is 0 Å². The Morgan fingerprint density at radius 1 is 1.33 bits per heavy atom. The van der Waals surface area contributed by atoms with E-state index in [1.165, 1.54) is 23.1 Å². The predicted octanol–water partition coefficient (Wildman–Crippen LogP) is 2.22. The zero-order valence-corrected chi connectivity index (χ0v) is 11.2. The van der Waals surface area contributed by atoms with Crippen LogP contribution in [0.15, 0.2) is 24.3 Å². The van der Waals surface area contributed by atoms with E-state index >= 15 is 0 Å². The number of likely N-dealkylation sites (tertiary alicyclic amines) is 1. The molecule has 0 spiro atoms. The number of halogens is 2. The number of aliphatic carboxylic acids is 1. The monoisotopic (exact) mass is 299 g/mol. The standard InChI is InChI=1S/C14H15F2NO4/c15-14(16)21-11-6-2-1-5-10(11)12(18)17-7-3-4-9(8-17)13(19)20/h1-2,5-6,9,14H,3-4,7-8H2,(H,19,20)/t9-/m0/s1. The van der Waals surface area contributed by atoms with Crippen LogP contribution >= 0.6 is 0 Å². The number of ether oxygens (including phenoxy) is 1. The summed E-state index contributed by atoms with van der Waals surface area (Å²) >= 11 is 0. The Morgan fingerprint density at radius 3 is 2.71 bits per heavy atom. The minimum Gasteiger partial charge on any atom is -0.481 e. The summed E-state index contributed by atoms with van der Waals surface area (Å²) < 4.78 is 29.0. The zero-order valence-electron chi connectivity index (χ0n) is 11.2. The third-order valence-electron chi connectivity index (χ3n) is 3.39. The number of alkyl halides is 2. The first-order chi connectivity index (χ1) is 9.99. The molecule has 1 amide bonds. The number of para-hydroxylation sites is 1. The molecule has 1 aliphatic heterocycles. The van der Waals surface area contributed by atoms with Gasteiger partial charge in [-0.25, -0.2) is 0 Å². The van der Waals surface area contributed by atoms with Crippen LogP contribution in [0.4, 0.5) is 8.78 Å². The van der Waals surface area contributed by atoms with Crippen molar-refractivity contribution >= 4 is 11.9 Å². The van der Waals surface area contributed by atoms with Gasteiger partial charge in [-0.1, -0.05) is 12.1 Å². The van der Waals surface area contributed by atoms with Gasteiger partial charge in [-0.15, -0.1) is 0 Å². The molecule has 1 saturated heterocycles. The number of piperidine rings is 1. The van der Waals surface area contributed by atoms with Crippen molar-refractivity contribution in [2.75, 3.05) is 13.1 Å². The van der Waals surface area contributed by atoms with Crippen LogP contribution in [0.1, 0.15) is 23.2 Å². The first-order valence-electron chi connectivity index (χ1n) is 6.55. The van der Waals surface area contributed by atoms with Crippen LogP contribution in [0.2, 0.25) is 0 Å². The van der Waals surface area contributed by atoms with Crippen molar-refractivity contribution < 1.29 is 28.2 Å². The Balaban J connectivity index is 2.18. The van der Waals surface area contributed by atoms with E-state index in [-0.39, 0.29) is 17.9 Å². The van der Waals surface area contributed by atoms with E-state index in [1.807, 2.05) is 0 Å². The maximum atomic E-state index is 12.4. The Hall–Kier alpha value is -2.18. The first kappa shape index (κ1) is 15.2. The van der Waals surface area contributed by atoms with Crippen molar-refractivity contribution in [1.82, 2.24) is 4.90 Å². The number of carboxylic acids is 1. The van der Waals surface area contributed by atoms with Gasteiger partial charge in [0.25, 0.3) is 5.91 Å². The van der Waals surface area contributed by atoms with E-state index in [0.717, 1.165) is 0 Å². The normalized spacial score (nSPS) is 18.6. The van der Waals surface area contributed by atoms with Crippen LogP contribution in [-0.4, -0.2) is 41.6 Å². The van der Waals surface area contributed by atoms with Crippen molar-refractivity contribution in [3.8, 4) is 5.75 Å². The molecule has 2 rings (SSSR count). The molecule has 1 heterocycles. The summed E-state index contributed by atoms with van der Waals surface area (Å²) in [6.45, 7) is -2.53. The summed E-state index contributed by atoms with van der Waals surface area (Å²) in [5, 5.41) is 9.02. The van der Waals surface area contributed by atoms with Crippen LogP contribution in [0.3, 0.4) is 0 Å². The summed E-state index contributed by atoms with van der Waals surface area (Å²) in [5.74, 6) is -2.26. The number of rotatable bonds is 4. The van der Waals surface area contributed by atoms with Gasteiger partial charge in [-0.05, 0) is 25.0 Å². The molecule has 1 aromatic carbocycles. The summed E-state index contributed by atoms with van der Waals surface area (Å²) in [6, 6.07) is 5.72. The van der Waals surface area contributed by atoms with Gasteiger partial charge in [0.1, 0.15) is 5.75 Å². The Labute approximate surface area is 120 Å². The van der Waals surface area contributed by atoms with Crippen molar-refractivity contribution in [2.24, 2.45) is 5.92 Å². The number of amides is 1. The third kappa shape index (κ3) is 3.68. The molecule has 0 radical (unpaired) electrons. The fourth-order valence-corrected chi connectivity index (χ4v) is 2.38. The van der Waals surface area contributed by atoms with Gasteiger partial charge in [0.05, 0.1) is 11.5 Å². The molecule has 0 saturated carbocycles. The molecular weight excluding hydrogens is 284 g/mol. The van der Waals surface area contributed by atoms with Crippen molar-refractivity contribution in [1.29, 1.82) is 0 Å². The Kier molecular flexibility index (Phi) is 4.72. The highest BCUT2D eigenvalue weighted by molar-refractivity contribution is 5.97. The fourth-order valence-electron chi connectivity index (χ4n) is 2.38. The number of nitrogens with zero attached hydrogens (tertiary/aromatic N) is 1. The van der Waals surface area contributed by atoms with Crippen LogP contribution in [0.25, 0.3) is 0 Å². The lowest BCUT2D eigenvalue weighted by atomic mass is 9.97. The molecule has 0 bridgehead atoms.